The Bertz CT molecular complexity index is 1150. The molecule has 0 saturated carbocycles. The fourth-order valence-electron chi connectivity index (χ4n) is 4.69. The first-order valence-electron chi connectivity index (χ1n) is 11.3. The number of aromatic nitrogens is 1. The molecule has 2 amide bonds. The van der Waals surface area contributed by atoms with Crippen molar-refractivity contribution >= 4 is 34.1 Å². The van der Waals surface area contributed by atoms with Crippen molar-refractivity contribution in [3.8, 4) is 0 Å². The topological polar surface area (TPSA) is 92.5 Å². The van der Waals surface area contributed by atoms with E-state index in [-0.39, 0.29) is 29.8 Å². The fourth-order valence-corrected chi connectivity index (χ4v) is 5.62. The van der Waals surface area contributed by atoms with Crippen LogP contribution in [0.3, 0.4) is 0 Å². The van der Waals surface area contributed by atoms with Gasteiger partial charge in [0.2, 0.25) is 5.91 Å². The maximum atomic E-state index is 13.2. The summed E-state index contributed by atoms with van der Waals surface area (Å²) in [5, 5.41) is 3.03. The lowest BCUT2D eigenvalue weighted by Gasteiger charge is -2.35. The van der Waals surface area contributed by atoms with Gasteiger partial charge in [-0.3, -0.25) is 19.7 Å². The summed E-state index contributed by atoms with van der Waals surface area (Å²) in [6.07, 6.45) is 5.05. The number of amides is 2. The average molecular weight is 464 g/mol. The third kappa shape index (κ3) is 4.75. The van der Waals surface area contributed by atoms with Crippen LogP contribution in [0.2, 0.25) is 0 Å². The Morgan fingerprint density at radius 1 is 1.09 bits per heavy atom. The average Bonchev–Trinajstić information content (AvgIpc) is 3.50. The van der Waals surface area contributed by atoms with Gasteiger partial charge < -0.3 is 9.32 Å². The molecular formula is C25H25N3O4S. The molecule has 0 spiro atoms. The first-order chi connectivity index (χ1) is 16.1. The first-order valence-corrected chi connectivity index (χ1v) is 12.1. The molecule has 2 aromatic heterocycles. The van der Waals surface area contributed by atoms with E-state index in [1.54, 1.807) is 12.1 Å². The zero-order valence-electron chi connectivity index (χ0n) is 18.2. The van der Waals surface area contributed by atoms with Gasteiger partial charge in [0.05, 0.1) is 22.8 Å². The van der Waals surface area contributed by atoms with Gasteiger partial charge in [-0.15, -0.1) is 0 Å². The van der Waals surface area contributed by atoms with E-state index in [0.29, 0.717) is 28.0 Å². The van der Waals surface area contributed by atoms with Crippen LogP contribution in [0.5, 0.6) is 0 Å². The smallest absolute Gasteiger partial charge is 0.293 e. The number of nitrogens with zero attached hydrogens (tertiary/aromatic N) is 2. The van der Waals surface area contributed by atoms with Crippen molar-refractivity contribution in [3.63, 3.8) is 0 Å². The number of fused-ring (bicyclic) bond motifs is 1. The number of hydrogen-bond acceptors (Lipinski definition) is 6. The van der Waals surface area contributed by atoms with Crippen LogP contribution in [0.1, 0.15) is 50.7 Å². The van der Waals surface area contributed by atoms with Gasteiger partial charge in [0.25, 0.3) is 5.91 Å². The highest BCUT2D eigenvalue weighted by molar-refractivity contribution is 7.17. The van der Waals surface area contributed by atoms with Crippen LogP contribution < -0.4 is 5.32 Å². The normalized spacial score (nSPS) is 18.7. The molecule has 1 aromatic carbocycles. The Balaban J connectivity index is 1.19. The minimum atomic E-state index is -0.412. The zero-order valence-corrected chi connectivity index (χ0v) is 19.0. The number of likely N-dealkylation sites (tertiary alicyclic amines) is 1. The minimum absolute atomic E-state index is 0.0429. The maximum Gasteiger partial charge on any atom is 0.293 e. The van der Waals surface area contributed by atoms with Gasteiger partial charge in [-0.1, -0.05) is 41.7 Å². The van der Waals surface area contributed by atoms with Crippen molar-refractivity contribution in [1.82, 2.24) is 9.88 Å². The summed E-state index contributed by atoms with van der Waals surface area (Å²) in [6.45, 7) is 1.46. The molecule has 1 N–H and O–H groups in total. The molecule has 2 aliphatic rings. The van der Waals surface area contributed by atoms with Crippen molar-refractivity contribution in [3.05, 3.63) is 70.6 Å². The number of anilines is 1. The first kappa shape index (κ1) is 21.6. The van der Waals surface area contributed by atoms with E-state index >= 15 is 0 Å². The number of piperidine rings is 1. The minimum Gasteiger partial charge on any atom is -0.459 e. The fraction of sp³-hybridized carbons (Fsp3) is 0.360. The monoisotopic (exact) mass is 463 g/mol. The van der Waals surface area contributed by atoms with Crippen LogP contribution in [-0.2, 0) is 17.6 Å². The molecule has 0 bridgehead atoms. The summed E-state index contributed by atoms with van der Waals surface area (Å²) in [5.74, 6) is -0.0741. The number of Topliss-reactive ketones (excluding diaryl/α,β-unsaturated/α-hetero) is 1. The van der Waals surface area contributed by atoms with Crippen molar-refractivity contribution in [1.29, 1.82) is 0 Å². The van der Waals surface area contributed by atoms with Crippen LogP contribution in [0, 0.1) is 11.8 Å². The third-order valence-corrected chi connectivity index (χ3v) is 7.48. The molecule has 1 aliphatic carbocycles. The number of carbonyl (C=O) groups excluding carboxylic acids is 3. The van der Waals surface area contributed by atoms with Gasteiger partial charge >= 0.3 is 0 Å². The number of furan rings is 1. The number of hydrogen-bond donors (Lipinski definition) is 1. The zero-order chi connectivity index (χ0) is 22.8. The highest BCUT2D eigenvalue weighted by Gasteiger charge is 2.36. The van der Waals surface area contributed by atoms with Gasteiger partial charge in [0.1, 0.15) is 0 Å². The summed E-state index contributed by atoms with van der Waals surface area (Å²) in [6, 6.07) is 13.7. The van der Waals surface area contributed by atoms with E-state index in [2.05, 4.69) is 34.6 Å². The maximum absolute atomic E-state index is 13.2. The van der Waals surface area contributed by atoms with Crippen LogP contribution in [0.15, 0.2) is 53.1 Å². The number of rotatable bonds is 5. The lowest BCUT2D eigenvalue weighted by atomic mass is 9.86. The predicted octanol–water partition coefficient (Wildman–Crippen LogP) is 4.21. The van der Waals surface area contributed by atoms with Gasteiger partial charge in [0, 0.05) is 25.9 Å². The van der Waals surface area contributed by atoms with Crippen molar-refractivity contribution < 1.29 is 18.8 Å². The number of benzene rings is 1. The molecule has 0 radical (unpaired) electrons. The summed E-state index contributed by atoms with van der Waals surface area (Å²) in [4.78, 5) is 45.0. The summed E-state index contributed by atoms with van der Waals surface area (Å²) < 4.78 is 5.09. The van der Waals surface area contributed by atoms with Crippen LogP contribution in [-0.4, -0.2) is 40.6 Å². The van der Waals surface area contributed by atoms with E-state index < -0.39 is 5.91 Å². The molecule has 1 atom stereocenters. The molecular weight excluding hydrogens is 438 g/mol. The van der Waals surface area contributed by atoms with Crippen molar-refractivity contribution in [2.75, 3.05) is 18.4 Å². The van der Waals surface area contributed by atoms with E-state index in [4.69, 9.17) is 4.42 Å². The Morgan fingerprint density at radius 3 is 2.61 bits per heavy atom. The van der Waals surface area contributed by atoms with Gasteiger partial charge in [-0.25, -0.2) is 4.98 Å². The van der Waals surface area contributed by atoms with Crippen molar-refractivity contribution in [2.24, 2.45) is 11.8 Å². The Labute approximate surface area is 195 Å². The van der Waals surface area contributed by atoms with Gasteiger partial charge in [-0.2, -0.15) is 0 Å². The second kappa shape index (κ2) is 9.31. The molecule has 3 heterocycles. The Morgan fingerprint density at radius 2 is 1.88 bits per heavy atom. The lowest BCUT2D eigenvalue weighted by Crippen LogP contribution is -2.44. The molecule has 1 saturated heterocycles. The molecule has 33 heavy (non-hydrogen) atoms. The Kier molecular flexibility index (Phi) is 6.09. The molecule has 0 unspecified atom stereocenters. The molecule has 1 fully saturated rings. The largest absolute Gasteiger partial charge is 0.459 e. The molecule has 7 nitrogen and oxygen atoms in total. The van der Waals surface area contributed by atoms with Crippen LogP contribution in [0.4, 0.5) is 5.13 Å². The van der Waals surface area contributed by atoms with Gasteiger partial charge in [0.15, 0.2) is 16.7 Å². The summed E-state index contributed by atoms with van der Waals surface area (Å²) in [5.41, 5.74) is 1.94. The van der Waals surface area contributed by atoms with Gasteiger partial charge in [-0.05, 0) is 42.9 Å². The molecule has 8 heteroatoms. The summed E-state index contributed by atoms with van der Waals surface area (Å²) >= 11 is 1.16. The predicted molar refractivity (Wildman–Crippen MR) is 124 cm³/mol. The number of thiazole rings is 1. The van der Waals surface area contributed by atoms with E-state index in [0.717, 1.165) is 43.7 Å². The molecule has 170 valence electrons. The second-order valence-corrected chi connectivity index (χ2v) is 9.71. The van der Waals surface area contributed by atoms with E-state index in [9.17, 15) is 14.4 Å². The molecule has 1 aliphatic heterocycles. The summed E-state index contributed by atoms with van der Waals surface area (Å²) in [7, 11) is 0. The standard InChI is InChI=1S/C25H25N3O4S/c29-20-15-18(14-19-22(20)33-25(26-19)27-23(30)21-7-4-12-32-21)24(31)28-10-8-17(9-11-28)13-16-5-2-1-3-6-16/h1-7,12,17-18H,8-11,13-15H2,(H,26,27,30)/t18-/m1/s1. The van der Waals surface area contributed by atoms with E-state index in [1.165, 1.54) is 11.8 Å². The number of carbonyl (C=O) groups is 3. The highest BCUT2D eigenvalue weighted by atomic mass is 32.1. The SMILES string of the molecule is O=C(Nc1nc2c(s1)C(=O)C[C@H](C(=O)N1CCC(Cc3ccccc3)CC1)C2)c1ccco1. The molecule has 3 aromatic rings. The van der Waals surface area contributed by atoms with Crippen molar-refractivity contribution in [2.45, 2.75) is 32.1 Å². The van der Waals surface area contributed by atoms with Crippen LogP contribution >= 0.6 is 11.3 Å². The quantitative estimate of drug-likeness (QED) is 0.612. The van der Waals surface area contributed by atoms with Crippen LogP contribution in [0.25, 0.3) is 0 Å². The van der Waals surface area contributed by atoms with E-state index in [1.807, 2.05) is 11.0 Å². The lowest BCUT2D eigenvalue weighted by molar-refractivity contribution is -0.137. The number of ketones is 1. The molecule has 5 rings (SSSR count). The third-order valence-electron chi connectivity index (χ3n) is 6.43. The highest BCUT2D eigenvalue weighted by Crippen LogP contribution is 2.34. The Hall–Kier alpha value is -3.26. The number of nitrogens with one attached hydrogen (secondary N) is 1. The second-order valence-electron chi connectivity index (χ2n) is 8.71.